The molecule has 0 spiro atoms. The first-order chi connectivity index (χ1) is 10.2. The Morgan fingerprint density at radius 2 is 2.14 bits per heavy atom. The molecule has 1 amide bonds. The summed E-state index contributed by atoms with van der Waals surface area (Å²) < 4.78 is 5.34. The summed E-state index contributed by atoms with van der Waals surface area (Å²) in [5, 5.41) is 10.2. The molecule has 6 heteroatoms. The third-order valence-electron chi connectivity index (χ3n) is 4.18. The van der Waals surface area contributed by atoms with E-state index in [1.807, 2.05) is 18.2 Å². The van der Waals surface area contributed by atoms with E-state index in [-0.39, 0.29) is 11.9 Å². The van der Waals surface area contributed by atoms with Gasteiger partial charge >= 0.3 is 0 Å². The van der Waals surface area contributed by atoms with Crippen LogP contribution in [0.1, 0.15) is 5.69 Å². The molecule has 1 N–H and O–H groups in total. The topological polar surface area (TPSA) is 65.9 Å². The molecule has 2 unspecified atom stereocenters. The number of nitrogens with zero attached hydrogens (tertiary/aromatic N) is 3. The highest BCUT2D eigenvalue weighted by Gasteiger charge is 2.37. The average molecular weight is 291 g/mol. The number of hydrogen-bond acceptors (Lipinski definition) is 5. The van der Waals surface area contributed by atoms with Crippen molar-refractivity contribution in [2.45, 2.75) is 18.6 Å². The van der Waals surface area contributed by atoms with Crippen LogP contribution < -0.4 is 0 Å². The summed E-state index contributed by atoms with van der Waals surface area (Å²) >= 11 is 0. The lowest BCUT2D eigenvalue weighted by molar-refractivity contribution is -0.130. The third-order valence-corrected chi connectivity index (χ3v) is 4.18. The Bertz CT molecular complexity index is 476. The van der Waals surface area contributed by atoms with Gasteiger partial charge in [-0.05, 0) is 12.1 Å². The van der Waals surface area contributed by atoms with Gasteiger partial charge < -0.3 is 14.7 Å². The van der Waals surface area contributed by atoms with Gasteiger partial charge in [-0.2, -0.15) is 0 Å². The van der Waals surface area contributed by atoms with Crippen LogP contribution in [0.2, 0.25) is 0 Å². The molecule has 0 aliphatic carbocycles. The van der Waals surface area contributed by atoms with E-state index in [9.17, 15) is 9.90 Å². The van der Waals surface area contributed by atoms with Crippen molar-refractivity contribution in [2.75, 3.05) is 39.4 Å². The quantitative estimate of drug-likeness (QED) is 0.815. The van der Waals surface area contributed by atoms with Crippen molar-refractivity contribution in [3.63, 3.8) is 0 Å². The van der Waals surface area contributed by atoms with Gasteiger partial charge in [0.1, 0.15) is 0 Å². The first kappa shape index (κ1) is 14.4. The number of pyridine rings is 1. The van der Waals surface area contributed by atoms with Crippen LogP contribution >= 0.6 is 0 Å². The molecule has 3 rings (SSSR count). The molecule has 0 saturated carbocycles. The van der Waals surface area contributed by atoms with Crippen LogP contribution in [0.15, 0.2) is 24.4 Å². The zero-order chi connectivity index (χ0) is 14.7. The van der Waals surface area contributed by atoms with Crippen molar-refractivity contribution >= 4 is 5.91 Å². The number of morpholine rings is 1. The first-order valence-corrected chi connectivity index (χ1v) is 7.41. The zero-order valence-corrected chi connectivity index (χ0v) is 12.0. The summed E-state index contributed by atoms with van der Waals surface area (Å²) in [7, 11) is 0. The van der Waals surface area contributed by atoms with Crippen LogP contribution in [0, 0.1) is 0 Å². The number of amides is 1. The summed E-state index contributed by atoms with van der Waals surface area (Å²) in [6.07, 6.45) is 1.51. The maximum absolute atomic E-state index is 12.3. The molecule has 0 aromatic carbocycles. The molecule has 21 heavy (non-hydrogen) atoms. The van der Waals surface area contributed by atoms with Gasteiger partial charge in [-0.1, -0.05) is 6.07 Å². The van der Waals surface area contributed by atoms with E-state index < -0.39 is 6.10 Å². The highest BCUT2D eigenvalue weighted by Crippen LogP contribution is 2.18. The molecule has 0 bridgehead atoms. The lowest BCUT2D eigenvalue weighted by Gasteiger charge is -2.33. The lowest BCUT2D eigenvalue weighted by atomic mass is 10.1. The van der Waals surface area contributed by atoms with Gasteiger partial charge in [0.2, 0.25) is 5.91 Å². The molecule has 114 valence electrons. The fourth-order valence-corrected chi connectivity index (χ4v) is 3.01. The Morgan fingerprint density at radius 1 is 1.33 bits per heavy atom. The number of ether oxygens (including phenoxy) is 1. The van der Waals surface area contributed by atoms with Gasteiger partial charge in [-0.3, -0.25) is 14.7 Å². The number of carbonyl (C=O) groups excluding carboxylic acids is 1. The monoisotopic (exact) mass is 291 g/mol. The Hall–Kier alpha value is -1.50. The molecule has 0 radical (unpaired) electrons. The van der Waals surface area contributed by atoms with Crippen molar-refractivity contribution in [2.24, 2.45) is 0 Å². The Balaban J connectivity index is 1.58. The van der Waals surface area contributed by atoms with Crippen LogP contribution in [-0.2, 0) is 16.0 Å². The Kier molecular flexibility index (Phi) is 4.48. The minimum absolute atomic E-state index is 0.0292. The van der Waals surface area contributed by atoms with E-state index in [0.29, 0.717) is 32.7 Å². The molecule has 1 aromatic rings. The van der Waals surface area contributed by atoms with Crippen LogP contribution in [0.5, 0.6) is 0 Å². The maximum atomic E-state index is 12.3. The second kappa shape index (κ2) is 6.51. The van der Waals surface area contributed by atoms with Crippen LogP contribution in [0.3, 0.4) is 0 Å². The lowest BCUT2D eigenvalue weighted by Crippen LogP contribution is -2.49. The van der Waals surface area contributed by atoms with Gasteiger partial charge in [-0.15, -0.1) is 0 Å². The second-order valence-electron chi connectivity index (χ2n) is 5.58. The summed E-state index contributed by atoms with van der Waals surface area (Å²) in [5.74, 6) is 0.0310. The third kappa shape index (κ3) is 3.40. The molecule has 1 aromatic heterocycles. The fraction of sp³-hybridized carbons (Fsp3) is 0.600. The predicted octanol–water partition coefficient (Wildman–Crippen LogP) is -0.472. The van der Waals surface area contributed by atoms with Crippen molar-refractivity contribution in [3.05, 3.63) is 30.1 Å². The van der Waals surface area contributed by atoms with E-state index >= 15 is 0 Å². The van der Waals surface area contributed by atoms with Crippen molar-refractivity contribution in [3.8, 4) is 0 Å². The summed E-state index contributed by atoms with van der Waals surface area (Å²) in [5.41, 5.74) is 0.770. The first-order valence-electron chi connectivity index (χ1n) is 7.41. The molecule has 2 atom stereocenters. The van der Waals surface area contributed by atoms with Gasteiger partial charge in [-0.25, -0.2) is 0 Å². The number of hydrogen-bond donors (Lipinski definition) is 1. The van der Waals surface area contributed by atoms with Gasteiger partial charge in [0.25, 0.3) is 0 Å². The molecule has 2 aliphatic rings. The molecule has 2 fully saturated rings. The van der Waals surface area contributed by atoms with Gasteiger partial charge in [0.15, 0.2) is 0 Å². The number of likely N-dealkylation sites (tertiary alicyclic amines) is 1. The zero-order valence-electron chi connectivity index (χ0n) is 12.0. The SMILES string of the molecule is O=C(Cc1ccccn1)N1CC(O)C(N2CCOCC2)C1. The van der Waals surface area contributed by atoms with Gasteiger partial charge in [0, 0.05) is 38.1 Å². The predicted molar refractivity (Wildman–Crippen MR) is 76.7 cm³/mol. The van der Waals surface area contributed by atoms with E-state index in [1.165, 1.54) is 0 Å². The molecule has 6 nitrogen and oxygen atoms in total. The Morgan fingerprint density at radius 3 is 2.86 bits per heavy atom. The molecular weight excluding hydrogens is 270 g/mol. The largest absolute Gasteiger partial charge is 0.390 e. The summed E-state index contributed by atoms with van der Waals surface area (Å²) in [6.45, 7) is 4.05. The summed E-state index contributed by atoms with van der Waals surface area (Å²) in [6, 6.07) is 5.60. The van der Waals surface area contributed by atoms with Crippen molar-refractivity contribution < 1.29 is 14.6 Å². The minimum Gasteiger partial charge on any atom is -0.390 e. The Labute approximate surface area is 124 Å². The number of aliphatic hydroxyl groups excluding tert-OH is 1. The number of β-amino-alcohol motifs (C(OH)–C–C–N with tert-alkyl or cyclic N) is 1. The number of aliphatic hydroxyl groups is 1. The fourth-order valence-electron chi connectivity index (χ4n) is 3.01. The molecule has 2 aliphatic heterocycles. The van der Waals surface area contributed by atoms with Gasteiger partial charge in [0.05, 0.1) is 31.8 Å². The second-order valence-corrected chi connectivity index (χ2v) is 5.58. The molecule has 3 heterocycles. The smallest absolute Gasteiger partial charge is 0.228 e. The maximum Gasteiger partial charge on any atom is 0.228 e. The normalized spacial score (nSPS) is 27.0. The highest BCUT2D eigenvalue weighted by molar-refractivity contribution is 5.78. The highest BCUT2D eigenvalue weighted by atomic mass is 16.5. The van der Waals surface area contributed by atoms with Crippen LogP contribution in [0.4, 0.5) is 0 Å². The van der Waals surface area contributed by atoms with Crippen LogP contribution in [0.25, 0.3) is 0 Å². The van der Waals surface area contributed by atoms with Crippen LogP contribution in [-0.4, -0.2) is 77.3 Å². The average Bonchev–Trinajstić information content (AvgIpc) is 2.91. The van der Waals surface area contributed by atoms with E-state index in [1.54, 1.807) is 11.1 Å². The number of aromatic nitrogens is 1. The van der Waals surface area contributed by atoms with E-state index in [4.69, 9.17) is 4.74 Å². The standard InChI is InChI=1S/C15H21N3O3/c19-14-11-18(10-13(14)17-5-7-21-8-6-17)15(20)9-12-3-1-2-4-16-12/h1-4,13-14,19H,5-11H2. The number of carbonyl (C=O) groups is 1. The van der Waals surface area contributed by atoms with Crippen molar-refractivity contribution in [1.29, 1.82) is 0 Å². The molecule has 2 saturated heterocycles. The number of rotatable bonds is 3. The minimum atomic E-state index is -0.476. The molecular formula is C15H21N3O3. The van der Waals surface area contributed by atoms with E-state index in [0.717, 1.165) is 18.8 Å². The van der Waals surface area contributed by atoms with E-state index in [2.05, 4.69) is 9.88 Å². The summed E-state index contributed by atoms with van der Waals surface area (Å²) in [4.78, 5) is 20.5. The van der Waals surface area contributed by atoms with Crippen molar-refractivity contribution in [1.82, 2.24) is 14.8 Å².